The molecular formula is C25H27BrN4OS. The summed E-state index contributed by atoms with van der Waals surface area (Å²) in [6, 6.07) is 16.8. The summed E-state index contributed by atoms with van der Waals surface area (Å²) in [5.74, 6) is 0. The van der Waals surface area contributed by atoms with E-state index < -0.39 is 0 Å². The number of hydrogen-bond acceptors (Lipinski definition) is 3. The van der Waals surface area contributed by atoms with E-state index in [1.807, 2.05) is 18.3 Å². The first-order valence-electron chi connectivity index (χ1n) is 11.1. The molecule has 2 aromatic heterocycles. The molecule has 2 aliphatic heterocycles. The number of nitrogens with one attached hydrogen (secondary N) is 1. The lowest BCUT2D eigenvalue weighted by Crippen LogP contribution is -2.36. The Morgan fingerprint density at radius 3 is 2.78 bits per heavy atom. The lowest BCUT2D eigenvalue weighted by Gasteiger charge is -2.30. The maximum atomic E-state index is 5.97. The van der Waals surface area contributed by atoms with Crippen molar-refractivity contribution in [1.82, 2.24) is 19.8 Å². The van der Waals surface area contributed by atoms with Crippen LogP contribution in [0.5, 0.6) is 0 Å². The third kappa shape index (κ3) is 3.98. The summed E-state index contributed by atoms with van der Waals surface area (Å²) in [5, 5.41) is 4.34. The van der Waals surface area contributed by atoms with E-state index in [2.05, 4.69) is 85.9 Å². The highest BCUT2D eigenvalue weighted by atomic mass is 79.9. The summed E-state index contributed by atoms with van der Waals surface area (Å²) in [4.78, 5) is 6.99. The third-order valence-electron chi connectivity index (χ3n) is 6.48. The van der Waals surface area contributed by atoms with Gasteiger partial charge in [0.1, 0.15) is 0 Å². The molecule has 0 unspecified atom stereocenters. The SMILES string of the molecule is Cc1cc([C@@H]2[C@@H](c3ccccn3)NC(=S)N2C[C@H]2CCCO2)c(C)n1-c1cccc(Br)c1. The number of aryl methyl sites for hydroxylation is 1. The quantitative estimate of drug-likeness (QED) is 0.465. The van der Waals surface area contributed by atoms with Gasteiger partial charge < -0.3 is 19.5 Å². The summed E-state index contributed by atoms with van der Waals surface area (Å²) in [5.41, 5.74) is 5.83. The number of halogens is 1. The molecule has 2 fully saturated rings. The Balaban J connectivity index is 1.59. The van der Waals surface area contributed by atoms with Gasteiger partial charge in [0.2, 0.25) is 0 Å². The number of thiocarbonyl (C=S) groups is 1. The number of pyridine rings is 1. The lowest BCUT2D eigenvalue weighted by atomic mass is 9.96. The Hall–Kier alpha value is -2.22. The fourth-order valence-corrected chi connectivity index (χ4v) is 5.75. The minimum Gasteiger partial charge on any atom is -0.376 e. The Morgan fingerprint density at radius 2 is 2.06 bits per heavy atom. The van der Waals surface area contributed by atoms with Crippen molar-refractivity contribution in [3.63, 3.8) is 0 Å². The second-order valence-electron chi connectivity index (χ2n) is 8.56. The minimum absolute atomic E-state index is 0.0124. The first-order valence-corrected chi connectivity index (χ1v) is 12.3. The predicted octanol–water partition coefficient (Wildman–Crippen LogP) is 5.40. The highest BCUT2D eigenvalue weighted by molar-refractivity contribution is 9.10. The monoisotopic (exact) mass is 510 g/mol. The number of hydrogen-bond donors (Lipinski definition) is 1. The molecule has 0 saturated carbocycles. The predicted molar refractivity (Wildman–Crippen MR) is 134 cm³/mol. The zero-order chi connectivity index (χ0) is 22.2. The molecular weight excluding hydrogens is 484 g/mol. The van der Waals surface area contributed by atoms with Gasteiger partial charge in [0.15, 0.2) is 5.11 Å². The molecule has 0 spiro atoms. The maximum absolute atomic E-state index is 5.97. The van der Waals surface area contributed by atoms with E-state index in [-0.39, 0.29) is 18.2 Å². The Morgan fingerprint density at radius 1 is 1.19 bits per heavy atom. The van der Waals surface area contributed by atoms with Gasteiger partial charge in [-0.25, -0.2) is 0 Å². The number of rotatable bonds is 5. The van der Waals surface area contributed by atoms with E-state index in [4.69, 9.17) is 17.0 Å². The average molecular weight is 511 g/mol. The average Bonchev–Trinajstić information content (AvgIpc) is 3.48. The first-order chi connectivity index (χ1) is 15.5. The zero-order valence-electron chi connectivity index (χ0n) is 18.3. The molecule has 0 amide bonds. The van der Waals surface area contributed by atoms with Gasteiger partial charge in [-0.2, -0.15) is 0 Å². The van der Waals surface area contributed by atoms with Crippen molar-refractivity contribution in [1.29, 1.82) is 0 Å². The van der Waals surface area contributed by atoms with Gasteiger partial charge in [-0.15, -0.1) is 0 Å². The maximum Gasteiger partial charge on any atom is 0.170 e. The van der Waals surface area contributed by atoms with Crippen molar-refractivity contribution in [3.8, 4) is 5.69 Å². The van der Waals surface area contributed by atoms with Gasteiger partial charge in [0.25, 0.3) is 0 Å². The second kappa shape index (κ2) is 8.96. The van der Waals surface area contributed by atoms with Crippen molar-refractivity contribution in [2.24, 2.45) is 0 Å². The largest absolute Gasteiger partial charge is 0.376 e. The second-order valence-corrected chi connectivity index (χ2v) is 9.86. The van der Waals surface area contributed by atoms with Crippen LogP contribution in [0.1, 0.15) is 47.6 Å². The molecule has 5 rings (SSSR count). The van der Waals surface area contributed by atoms with E-state index in [0.717, 1.165) is 47.0 Å². The Labute approximate surface area is 202 Å². The first kappa shape index (κ1) is 21.6. The third-order valence-corrected chi connectivity index (χ3v) is 7.32. The normalized spacial score (nSPS) is 23.0. The van der Waals surface area contributed by atoms with Crippen LogP contribution in [0.25, 0.3) is 5.69 Å². The number of aromatic nitrogens is 2. The molecule has 1 aromatic carbocycles. The molecule has 3 aromatic rings. The van der Waals surface area contributed by atoms with Crippen molar-refractivity contribution in [3.05, 3.63) is 81.8 Å². The van der Waals surface area contributed by atoms with Crippen LogP contribution in [0.4, 0.5) is 0 Å². The molecule has 0 radical (unpaired) electrons. The van der Waals surface area contributed by atoms with Crippen molar-refractivity contribution >= 4 is 33.3 Å². The topological polar surface area (TPSA) is 42.3 Å². The van der Waals surface area contributed by atoms with Crippen molar-refractivity contribution < 1.29 is 4.74 Å². The van der Waals surface area contributed by atoms with E-state index in [9.17, 15) is 0 Å². The van der Waals surface area contributed by atoms with Crippen LogP contribution in [0.2, 0.25) is 0 Å². The van der Waals surface area contributed by atoms with Crippen molar-refractivity contribution in [2.75, 3.05) is 13.2 Å². The molecule has 0 aliphatic carbocycles. The van der Waals surface area contributed by atoms with Crippen molar-refractivity contribution in [2.45, 2.75) is 44.9 Å². The summed E-state index contributed by atoms with van der Waals surface area (Å²) in [7, 11) is 0. The van der Waals surface area contributed by atoms with Crippen LogP contribution in [-0.2, 0) is 4.74 Å². The summed E-state index contributed by atoms with van der Waals surface area (Å²) >= 11 is 9.46. The summed E-state index contributed by atoms with van der Waals surface area (Å²) in [6.45, 7) is 5.99. The molecule has 4 heterocycles. The van der Waals surface area contributed by atoms with Crippen LogP contribution in [0, 0.1) is 13.8 Å². The van der Waals surface area contributed by atoms with Gasteiger partial charge in [0, 0.05) is 40.9 Å². The van der Waals surface area contributed by atoms with E-state index in [1.54, 1.807) is 0 Å². The van der Waals surface area contributed by atoms with Gasteiger partial charge in [-0.05, 0) is 80.9 Å². The zero-order valence-corrected chi connectivity index (χ0v) is 20.7. The van der Waals surface area contributed by atoms with Crippen LogP contribution in [-0.4, -0.2) is 38.8 Å². The lowest BCUT2D eigenvalue weighted by molar-refractivity contribution is 0.0842. The summed E-state index contributed by atoms with van der Waals surface area (Å²) in [6.07, 6.45) is 4.26. The molecule has 5 nitrogen and oxygen atoms in total. The fourth-order valence-electron chi connectivity index (χ4n) is 5.05. The molecule has 7 heteroatoms. The van der Waals surface area contributed by atoms with Gasteiger partial charge in [-0.1, -0.05) is 28.1 Å². The van der Waals surface area contributed by atoms with Crippen LogP contribution < -0.4 is 5.32 Å². The summed E-state index contributed by atoms with van der Waals surface area (Å²) < 4.78 is 9.36. The molecule has 166 valence electrons. The number of benzene rings is 1. The standard InChI is InChI=1S/C25H27BrN4OS/c1-16-13-21(17(2)30(16)19-8-5-7-18(26)14-19)24-23(22-10-3-4-11-27-22)28-25(32)29(24)15-20-9-6-12-31-20/h3-5,7-8,10-11,13-14,20,23-24H,6,9,12,15H2,1-2H3,(H,28,32)/t20-,23-,24-/m1/s1. The fraction of sp³-hybridized carbons (Fsp3) is 0.360. The van der Waals surface area contributed by atoms with Crippen LogP contribution >= 0.6 is 28.1 Å². The Bertz CT molecular complexity index is 1130. The molecule has 1 N–H and O–H groups in total. The van der Waals surface area contributed by atoms with E-state index in [1.165, 1.54) is 17.0 Å². The smallest absolute Gasteiger partial charge is 0.170 e. The highest BCUT2D eigenvalue weighted by Gasteiger charge is 2.42. The number of nitrogens with zero attached hydrogens (tertiary/aromatic N) is 3. The van der Waals surface area contributed by atoms with Gasteiger partial charge in [-0.3, -0.25) is 4.98 Å². The molecule has 3 atom stereocenters. The van der Waals surface area contributed by atoms with E-state index >= 15 is 0 Å². The van der Waals surface area contributed by atoms with Gasteiger partial charge >= 0.3 is 0 Å². The van der Waals surface area contributed by atoms with Gasteiger partial charge in [0.05, 0.1) is 23.9 Å². The van der Waals surface area contributed by atoms with E-state index in [0.29, 0.717) is 0 Å². The molecule has 2 aliphatic rings. The molecule has 0 bridgehead atoms. The molecule has 2 saturated heterocycles. The van der Waals surface area contributed by atoms with Crippen LogP contribution in [0.3, 0.4) is 0 Å². The number of ether oxygens (including phenoxy) is 1. The Kier molecular flexibility index (Phi) is 6.05. The minimum atomic E-state index is -0.0124. The highest BCUT2D eigenvalue weighted by Crippen LogP contribution is 2.42. The van der Waals surface area contributed by atoms with Crippen LogP contribution in [0.15, 0.2) is 59.2 Å². The molecule has 32 heavy (non-hydrogen) atoms.